The Kier molecular flexibility index (Phi) is 6.20. The summed E-state index contributed by atoms with van der Waals surface area (Å²) in [5, 5.41) is 3.14. The number of benzene rings is 3. The second-order valence-electron chi connectivity index (χ2n) is 6.35. The molecule has 3 rings (SSSR count). The summed E-state index contributed by atoms with van der Waals surface area (Å²) in [5.41, 5.74) is 1.44. The fourth-order valence-corrected chi connectivity index (χ4v) is 3.79. The molecule has 0 saturated carbocycles. The number of nitrogens with one attached hydrogen (secondary N) is 1. The van der Waals surface area contributed by atoms with E-state index in [0.717, 1.165) is 10.6 Å². The van der Waals surface area contributed by atoms with Crippen LogP contribution in [-0.2, 0) is 16.6 Å². The minimum atomic E-state index is -3.71. The van der Waals surface area contributed by atoms with Crippen LogP contribution in [0.15, 0.2) is 72.8 Å². The zero-order valence-electron chi connectivity index (χ0n) is 15.5. The fourth-order valence-electron chi connectivity index (χ4n) is 2.72. The van der Waals surface area contributed by atoms with Crippen molar-refractivity contribution in [2.45, 2.75) is 6.54 Å². The van der Waals surface area contributed by atoms with E-state index in [1.807, 2.05) is 0 Å². The topological polar surface area (TPSA) is 66.5 Å². The summed E-state index contributed by atoms with van der Waals surface area (Å²) in [5.74, 6) is -0.979. The maximum Gasteiger partial charge on any atom is 0.255 e. The predicted molar refractivity (Wildman–Crippen MR) is 113 cm³/mol. The summed E-state index contributed by atoms with van der Waals surface area (Å²) >= 11 is 6.04. The van der Waals surface area contributed by atoms with E-state index in [2.05, 4.69) is 5.32 Å². The summed E-state index contributed by atoms with van der Waals surface area (Å²) in [4.78, 5) is 12.4. The lowest BCUT2D eigenvalue weighted by Gasteiger charge is -2.23. The summed E-state index contributed by atoms with van der Waals surface area (Å²) in [7, 11) is -3.71. The van der Waals surface area contributed by atoms with E-state index in [1.165, 1.54) is 18.2 Å². The van der Waals surface area contributed by atoms with Crippen LogP contribution in [0.4, 0.5) is 15.8 Å². The SMILES string of the molecule is CS(=O)(=O)N(Cc1ccc(C(=O)Nc2ccccc2Cl)cc1)c1ccccc1F. The van der Waals surface area contributed by atoms with Gasteiger partial charge in [0, 0.05) is 5.56 Å². The van der Waals surface area contributed by atoms with Crippen LogP contribution in [0.5, 0.6) is 0 Å². The molecule has 0 radical (unpaired) electrons. The minimum Gasteiger partial charge on any atom is -0.321 e. The number of hydrogen-bond acceptors (Lipinski definition) is 3. The Morgan fingerprint density at radius 3 is 2.24 bits per heavy atom. The second-order valence-corrected chi connectivity index (χ2v) is 8.67. The van der Waals surface area contributed by atoms with E-state index in [0.29, 0.717) is 21.8 Å². The molecule has 0 saturated heterocycles. The first-order chi connectivity index (χ1) is 13.8. The Balaban J connectivity index is 1.79. The molecule has 8 heteroatoms. The third-order valence-corrected chi connectivity index (χ3v) is 5.64. The Labute approximate surface area is 173 Å². The van der Waals surface area contributed by atoms with Gasteiger partial charge in [-0.2, -0.15) is 0 Å². The van der Waals surface area contributed by atoms with Crippen molar-refractivity contribution in [3.05, 3.63) is 94.8 Å². The molecule has 3 aromatic carbocycles. The van der Waals surface area contributed by atoms with Gasteiger partial charge in [0.15, 0.2) is 0 Å². The van der Waals surface area contributed by atoms with Crippen LogP contribution < -0.4 is 9.62 Å². The van der Waals surface area contributed by atoms with Crippen LogP contribution in [0.1, 0.15) is 15.9 Å². The molecule has 0 aliphatic rings. The lowest BCUT2D eigenvalue weighted by Crippen LogP contribution is -2.30. The normalized spacial score (nSPS) is 11.1. The first-order valence-electron chi connectivity index (χ1n) is 8.63. The number of hydrogen-bond donors (Lipinski definition) is 1. The second kappa shape index (κ2) is 8.63. The molecule has 0 spiro atoms. The fraction of sp³-hybridized carbons (Fsp3) is 0.0952. The summed E-state index contributed by atoms with van der Waals surface area (Å²) < 4.78 is 39.5. The number of sulfonamides is 1. The molecular formula is C21H18ClFN2O3S. The molecule has 0 unspecified atom stereocenters. The molecule has 0 aromatic heterocycles. The smallest absolute Gasteiger partial charge is 0.255 e. The van der Waals surface area contributed by atoms with Gasteiger partial charge in [0.25, 0.3) is 5.91 Å². The van der Waals surface area contributed by atoms with E-state index in [9.17, 15) is 17.6 Å². The molecule has 0 fully saturated rings. The van der Waals surface area contributed by atoms with Crippen LogP contribution in [0.25, 0.3) is 0 Å². The summed E-state index contributed by atoms with van der Waals surface area (Å²) in [6, 6.07) is 18.9. The van der Waals surface area contributed by atoms with E-state index in [-0.39, 0.29) is 18.1 Å². The van der Waals surface area contributed by atoms with Crippen LogP contribution in [0.3, 0.4) is 0 Å². The van der Waals surface area contributed by atoms with E-state index in [4.69, 9.17) is 11.6 Å². The van der Waals surface area contributed by atoms with Gasteiger partial charge in [-0.05, 0) is 42.0 Å². The number of nitrogens with zero attached hydrogens (tertiary/aromatic N) is 1. The van der Waals surface area contributed by atoms with Crippen molar-refractivity contribution >= 4 is 38.9 Å². The molecule has 1 N–H and O–H groups in total. The van der Waals surface area contributed by atoms with Crippen molar-refractivity contribution in [1.29, 1.82) is 0 Å². The number of anilines is 2. The molecule has 0 aliphatic heterocycles. The van der Waals surface area contributed by atoms with Gasteiger partial charge >= 0.3 is 0 Å². The average Bonchev–Trinajstić information content (AvgIpc) is 2.68. The van der Waals surface area contributed by atoms with Crippen molar-refractivity contribution in [2.75, 3.05) is 15.9 Å². The highest BCUT2D eigenvalue weighted by Crippen LogP contribution is 2.24. The van der Waals surface area contributed by atoms with E-state index < -0.39 is 15.8 Å². The Bertz CT molecular complexity index is 1130. The highest BCUT2D eigenvalue weighted by Gasteiger charge is 2.21. The Hall–Kier alpha value is -2.90. The summed E-state index contributed by atoms with van der Waals surface area (Å²) in [6.07, 6.45) is 1.02. The van der Waals surface area contributed by atoms with Gasteiger partial charge in [-0.1, -0.05) is 48.0 Å². The zero-order valence-corrected chi connectivity index (χ0v) is 17.0. The van der Waals surface area contributed by atoms with Crippen molar-refractivity contribution in [1.82, 2.24) is 0 Å². The van der Waals surface area contributed by atoms with Gasteiger partial charge in [0.1, 0.15) is 5.82 Å². The lowest BCUT2D eigenvalue weighted by atomic mass is 10.1. The van der Waals surface area contributed by atoms with Crippen molar-refractivity contribution in [3.63, 3.8) is 0 Å². The molecule has 0 bridgehead atoms. The van der Waals surface area contributed by atoms with Crippen molar-refractivity contribution in [2.24, 2.45) is 0 Å². The highest BCUT2D eigenvalue weighted by molar-refractivity contribution is 7.92. The maximum absolute atomic E-state index is 14.1. The molecule has 3 aromatic rings. The number of para-hydroxylation sites is 2. The van der Waals surface area contributed by atoms with Gasteiger partial charge in [0.05, 0.1) is 29.2 Å². The lowest BCUT2D eigenvalue weighted by molar-refractivity contribution is 0.102. The van der Waals surface area contributed by atoms with Crippen molar-refractivity contribution in [3.8, 4) is 0 Å². The third-order valence-electron chi connectivity index (χ3n) is 4.19. The molecule has 0 heterocycles. The Morgan fingerprint density at radius 2 is 1.62 bits per heavy atom. The first-order valence-corrected chi connectivity index (χ1v) is 10.9. The molecule has 1 amide bonds. The molecular weight excluding hydrogens is 415 g/mol. The Morgan fingerprint density at radius 1 is 1.00 bits per heavy atom. The first kappa shape index (κ1) is 20.8. The number of carbonyl (C=O) groups is 1. The summed E-state index contributed by atoms with van der Waals surface area (Å²) in [6.45, 7) is -0.0633. The van der Waals surface area contributed by atoms with Crippen LogP contribution in [-0.4, -0.2) is 20.6 Å². The predicted octanol–water partition coefficient (Wildman–Crippen LogP) is 4.70. The van der Waals surface area contributed by atoms with Gasteiger partial charge in [-0.15, -0.1) is 0 Å². The molecule has 150 valence electrons. The third kappa shape index (κ3) is 5.13. The minimum absolute atomic E-state index is 0.0319. The monoisotopic (exact) mass is 432 g/mol. The van der Waals surface area contributed by atoms with Gasteiger partial charge in [0.2, 0.25) is 10.0 Å². The number of rotatable bonds is 6. The number of carbonyl (C=O) groups excluding carboxylic acids is 1. The maximum atomic E-state index is 14.1. The van der Waals surface area contributed by atoms with Gasteiger partial charge in [-0.3, -0.25) is 9.10 Å². The molecule has 0 atom stereocenters. The zero-order chi connectivity index (χ0) is 21.0. The largest absolute Gasteiger partial charge is 0.321 e. The van der Waals surface area contributed by atoms with Crippen LogP contribution in [0, 0.1) is 5.82 Å². The van der Waals surface area contributed by atoms with Crippen LogP contribution in [0.2, 0.25) is 5.02 Å². The van der Waals surface area contributed by atoms with E-state index >= 15 is 0 Å². The number of halogens is 2. The van der Waals surface area contributed by atoms with Gasteiger partial charge in [-0.25, -0.2) is 12.8 Å². The molecule has 5 nitrogen and oxygen atoms in total. The van der Waals surface area contributed by atoms with Crippen molar-refractivity contribution < 1.29 is 17.6 Å². The highest BCUT2D eigenvalue weighted by atomic mass is 35.5. The average molecular weight is 433 g/mol. The molecule has 29 heavy (non-hydrogen) atoms. The molecule has 0 aliphatic carbocycles. The van der Waals surface area contributed by atoms with Gasteiger partial charge < -0.3 is 5.32 Å². The quantitative estimate of drug-likeness (QED) is 0.614. The van der Waals surface area contributed by atoms with E-state index in [1.54, 1.807) is 54.6 Å². The standard InChI is InChI=1S/C21H18ClFN2O3S/c1-29(27,28)25(20-9-5-3-7-18(20)23)14-15-10-12-16(13-11-15)21(26)24-19-8-4-2-6-17(19)22/h2-13H,14H2,1H3,(H,24,26). The van der Waals surface area contributed by atoms with Crippen LogP contribution >= 0.6 is 11.6 Å². The number of amides is 1.